The normalized spacial score (nSPS) is 12.8. The Hall–Kier alpha value is -1.63. The van der Waals surface area contributed by atoms with Crippen molar-refractivity contribution in [2.24, 2.45) is 7.05 Å². The van der Waals surface area contributed by atoms with Gasteiger partial charge in [-0.15, -0.1) is 0 Å². The molecule has 7 heteroatoms. The summed E-state index contributed by atoms with van der Waals surface area (Å²) in [5.74, 6) is -0.261. The molecule has 0 unspecified atom stereocenters. The highest BCUT2D eigenvalue weighted by Gasteiger charge is 2.25. The Balaban J connectivity index is 2.86. The molecule has 0 atom stereocenters. The van der Waals surface area contributed by atoms with E-state index in [9.17, 15) is 13.2 Å². The van der Waals surface area contributed by atoms with Crippen molar-refractivity contribution in [3.8, 4) is 0 Å². The number of rotatable bonds is 5. The number of aryl methyl sites for hydroxylation is 1. The highest BCUT2D eigenvalue weighted by molar-refractivity contribution is 7.90. The molecule has 0 aliphatic heterocycles. The quantitative estimate of drug-likeness (QED) is 0.763. The van der Waals surface area contributed by atoms with Crippen LogP contribution in [0.3, 0.4) is 0 Å². The Kier molecular flexibility index (Phi) is 5.33. The maximum absolute atomic E-state index is 12.3. The van der Waals surface area contributed by atoms with Crippen molar-refractivity contribution in [1.29, 1.82) is 0 Å². The van der Waals surface area contributed by atoms with Crippen molar-refractivity contribution in [2.45, 2.75) is 26.3 Å². The van der Waals surface area contributed by atoms with Gasteiger partial charge in [0.25, 0.3) is 0 Å². The summed E-state index contributed by atoms with van der Waals surface area (Å²) in [4.78, 5) is 13.9. The number of aromatic nitrogens is 2. The minimum atomic E-state index is -3.11. The van der Waals surface area contributed by atoms with Crippen LogP contribution in [0.25, 0.3) is 6.08 Å². The van der Waals surface area contributed by atoms with Crippen molar-refractivity contribution >= 4 is 21.8 Å². The van der Waals surface area contributed by atoms with Crippen molar-refractivity contribution in [3.63, 3.8) is 0 Å². The predicted molar refractivity (Wildman–Crippen MR) is 83.4 cm³/mol. The minimum Gasteiger partial charge on any atom is -0.333 e. The summed E-state index contributed by atoms with van der Waals surface area (Å²) in [7, 11) is -1.32. The number of carbonyl (C=O) groups is 1. The van der Waals surface area contributed by atoms with E-state index >= 15 is 0 Å². The molecule has 0 aliphatic carbocycles. The molecular formula is C14H23N3O3S. The lowest BCUT2D eigenvalue weighted by Gasteiger charge is -2.34. The summed E-state index contributed by atoms with van der Waals surface area (Å²) in [5, 5.41) is 4.02. The van der Waals surface area contributed by atoms with Crippen LogP contribution in [0.4, 0.5) is 0 Å². The fraction of sp³-hybridized carbons (Fsp3) is 0.571. The molecule has 1 rings (SSSR count). The first-order valence-corrected chi connectivity index (χ1v) is 8.72. The molecule has 1 amide bonds. The molecule has 0 radical (unpaired) electrons. The molecule has 0 saturated heterocycles. The van der Waals surface area contributed by atoms with Crippen LogP contribution in [0, 0.1) is 0 Å². The lowest BCUT2D eigenvalue weighted by molar-refractivity contribution is -0.130. The van der Waals surface area contributed by atoms with Crippen LogP contribution in [0.5, 0.6) is 0 Å². The highest BCUT2D eigenvalue weighted by atomic mass is 32.2. The van der Waals surface area contributed by atoms with Gasteiger partial charge in [-0.2, -0.15) is 5.10 Å². The van der Waals surface area contributed by atoms with Gasteiger partial charge in [0.15, 0.2) is 0 Å². The van der Waals surface area contributed by atoms with E-state index in [-0.39, 0.29) is 18.2 Å². The van der Waals surface area contributed by atoms with Gasteiger partial charge in [-0.1, -0.05) is 0 Å². The zero-order valence-corrected chi connectivity index (χ0v) is 14.0. The number of hydrogen-bond donors (Lipinski definition) is 0. The molecule has 0 bridgehead atoms. The molecule has 21 heavy (non-hydrogen) atoms. The van der Waals surface area contributed by atoms with Crippen LogP contribution in [0.2, 0.25) is 0 Å². The third kappa shape index (κ3) is 5.71. The molecule has 0 N–H and O–H groups in total. The van der Waals surface area contributed by atoms with E-state index < -0.39 is 15.4 Å². The summed E-state index contributed by atoms with van der Waals surface area (Å²) in [5.41, 5.74) is 0.360. The number of carbonyl (C=O) groups excluding carboxylic acids is 1. The monoisotopic (exact) mass is 313 g/mol. The molecule has 0 aromatic carbocycles. The Labute approximate surface area is 126 Å². The SMILES string of the molecule is Cn1nccc1C=CC(=O)N(CCS(C)(=O)=O)C(C)(C)C. The van der Waals surface area contributed by atoms with E-state index in [0.29, 0.717) is 0 Å². The van der Waals surface area contributed by atoms with E-state index in [1.807, 2.05) is 20.8 Å². The summed E-state index contributed by atoms with van der Waals surface area (Å²) < 4.78 is 24.3. The zero-order chi connectivity index (χ0) is 16.3. The van der Waals surface area contributed by atoms with Gasteiger partial charge in [-0.3, -0.25) is 9.48 Å². The average molecular weight is 313 g/mol. The van der Waals surface area contributed by atoms with Crippen molar-refractivity contribution in [1.82, 2.24) is 14.7 Å². The van der Waals surface area contributed by atoms with Crippen molar-refractivity contribution in [3.05, 3.63) is 24.0 Å². The van der Waals surface area contributed by atoms with Gasteiger partial charge >= 0.3 is 0 Å². The first-order chi connectivity index (χ1) is 9.50. The summed E-state index contributed by atoms with van der Waals surface area (Å²) >= 11 is 0. The lowest BCUT2D eigenvalue weighted by atomic mass is 10.1. The number of sulfone groups is 1. The molecule has 0 fully saturated rings. The molecular weight excluding hydrogens is 290 g/mol. The summed E-state index contributed by atoms with van der Waals surface area (Å²) in [6, 6.07) is 1.79. The zero-order valence-electron chi connectivity index (χ0n) is 13.2. The van der Waals surface area contributed by atoms with Gasteiger partial charge in [-0.25, -0.2) is 8.42 Å². The Bertz CT molecular complexity index is 624. The third-order valence-electron chi connectivity index (χ3n) is 3.02. The Morgan fingerprint density at radius 1 is 1.43 bits per heavy atom. The number of hydrogen-bond acceptors (Lipinski definition) is 4. The highest BCUT2D eigenvalue weighted by Crippen LogP contribution is 2.14. The second-order valence-corrected chi connectivity index (χ2v) is 8.26. The first kappa shape index (κ1) is 17.4. The molecule has 6 nitrogen and oxygen atoms in total. The fourth-order valence-electron chi connectivity index (χ4n) is 1.83. The van der Waals surface area contributed by atoms with E-state index in [1.54, 1.807) is 35.0 Å². The maximum atomic E-state index is 12.3. The third-order valence-corrected chi connectivity index (χ3v) is 3.94. The topological polar surface area (TPSA) is 72.3 Å². The summed E-state index contributed by atoms with van der Waals surface area (Å²) in [6.07, 6.45) is 5.94. The van der Waals surface area contributed by atoms with E-state index in [0.717, 1.165) is 5.69 Å². The van der Waals surface area contributed by atoms with Gasteiger partial charge < -0.3 is 4.90 Å². The average Bonchev–Trinajstić information content (AvgIpc) is 2.69. The number of nitrogens with zero attached hydrogens (tertiary/aromatic N) is 3. The molecule has 1 aromatic rings. The predicted octanol–water partition coefficient (Wildman–Crippen LogP) is 1.11. The largest absolute Gasteiger partial charge is 0.333 e. The van der Waals surface area contributed by atoms with Crippen LogP contribution in [0.15, 0.2) is 18.3 Å². The first-order valence-electron chi connectivity index (χ1n) is 6.66. The molecule has 1 aromatic heterocycles. The molecule has 0 aliphatic rings. The van der Waals surface area contributed by atoms with Crippen LogP contribution in [-0.2, 0) is 21.7 Å². The van der Waals surface area contributed by atoms with E-state index in [4.69, 9.17) is 0 Å². The van der Waals surface area contributed by atoms with Crippen molar-refractivity contribution < 1.29 is 13.2 Å². The summed E-state index contributed by atoms with van der Waals surface area (Å²) in [6.45, 7) is 5.82. The van der Waals surface area contributed by atoms with Crippen LogP contribution >= 0.6 is 0 Å². The number of amides is 1. The molecule has 0 saturated carbocycles. The molecule has 118 valence electrons. The van der Waals surface area contributed by atoms with Crippen LogP contribution in [0.1, 0.15) is 26.5 Å². The second kappa shape index (κ2) is 6.43. The standard InChI is InChI=1S/C14H23N3O3S/c1-14(2,3)17(10-11-21(5,19)20)13(18)7-6-12-8-9-15-16(12)4/h6-9H,10-11H2,1-5H3. The molecule has 1 heterocycles. The lowest BCUT2D eigenvalue weighted by Crippen LogP contribution is -2.47. The smallest absolute Gasteiger partial charge is 0.247 e. The van der Waals surface area contributed by atoms with E-state index in [2.05, 4.69) is 5.10 Å². The Morgan fingerprint density at radius 3 is 2.48 bits per heavy atom. The van der Waals surface area contributed by atoms with Gasteiger partial charge in [-0.05, 0) is 32.9 Å². The van der Waals surface area contributed by atoms with E-state index in [1.165, 1.54) is 12.3 Å². The van der Waals surface area contributed by atoms with Gasteiger partial charge in [0, 0.05) is 37.7 Å². The van der Waals surface area contributed by atoms with Crippen LogP contribution < -0.4 is 0 Å². The van der Waals surface area contributed by atoms with Gasteiger partial charge in [0.1, 0.15) is 9.84 Å². The second-order valence-electron chi connectivity index (χ2n) is 6.00. The van der Waals surface area contributed by atoms with Crippen molar-refractivity contribution in [2.75, 3.05) is 18.6 Å². The van der Waals surface area contributed by atoms with Crippen LogP contribution in [-0.4, -0.2) is 53.1 Å². The minimum absolute atomic E-state index is 0.0461. The molecule has 0 spiro atoms. The fourth-order valence-corrected chi connectivity index (χ4v) is 2.34. The van der Waals surface area contributed by atoms with Gasteiger partial charge in [0.05, 0.1) is 11.4 Å². The maximum Gasteiger partial charge on any atom is 0.247 e. The van der Waals surface area contributed by atoms with Gasteiger partial charge in [0.2, 0.25) is 5.91 Å². The Morgan fingerprint density at radius 2 is 2.05 bits per heavy atom.